The molecular weight excluding hydrogens is 468 g/mol. The Morgan fingerprint density at radius 3 is 2.50 bits per heavy atom. The Kier molecular flexibility index (Phi) is 12.4. The molecule has 1 aromatic carbocycles. The number of ether oxygens (including phenoxy) is 6. The number of carbonyl (C=O) groups is 1. The van der Waals surface area contributed by atoms with Crippen LogP contribution in [0.15, 0.2) is 18.2 Å². The average molecular weight is 505 g/mol. The molecule has 1 fully saturated rings. The summed E-state index contributed by atoms with van der Waals surface area (Å²) in [5.74, 6) is 0.290. The second-order valence-corrected chi connectivity index (χ2v) is 9.12. The van der Waals surface area contributed by atoms with Gasteiger partial charge in [-0.2, -0.15) is 17.4 Å². The normalized spacial score (nSPS) is 15.8. The van der Waals surface area contributed by atoms with E-state index in [1.54, 1.807) is 18.2 Å². The predicted molar refractivity (Wildman–Crippen MR) is 126 cm³/mol. The number of hydrogen-bond acceptors (Lipinski definition) is 9. The van der Waals surface area contributed by atoms with Crippen molar-refractivity contribution in [1.29, 1.82) is 0 Å². The monoisotopic (exact) mass is 504 g/mol. The molecule has 2 rings (SSSR count). The minimum atomic E-state index is -4.37. The van der Waals surface area contributed by atoms with Gasteiger partial charge in [-0.1, -0.05) is 13.0 Å². The molecule has 0 aliphatic carbocycles. The van der Waals surface area contributed by atoms with Crippen LogP contribution in [0, 0.1) is 0 Å². The zero-order valence-electron chi connectivity index (χ0n) is 20.1. The Labute approximate surface area is 201 Å². The minimum absolute atomic E-state index is 0.0489. The maximum Gasteiger partial charge on any atom is 0.429 e. The van der Waals surface area contributed by atoms with Gasteiger partial charge in [-0.25, -0.2) is 4.79 Å². The fourth-order valence-corrected chi connectivity index (χ4v) is 4.37. The number of para-hydroxylation sites is 1. The van der Waals surface area contributed by atoms with Gasteiger partial charge in [-0.3, -0.25) is 0 Å². The van der Waals surface area contributed by atoms with Crippen molar-refractivity contribution in [3.63, 3.8) is 0 Å². The predicted octanol–water partition coefficient (Wildman–Crippen LogP) is 2.49. The molecule has 1 amide bonds. The summed E-state index contributed by atoms with van der Waals surface area (Å²) in [4.78, 5) is 13.0. The zero-order chi connectivity index (χ0) is 24.8. The molecule has 1 saturated heterocycles. The van der Waals surface area contributed by atoms with Crippen LogP contribution in [0.1, 0.15) is 32.6 Å². The Hall–Kier alpha value is -2.12. The van der Waals surface area contributed by atoms with Gasteiger partial charge in [0, 0.05) is 34.0 Å². The van der Waals surface area contributed by atoms with E-state index in [9.17, 15) is 13.2 Å². The fraction of sp³-hybridized carbons (Fsp3) is 0.682. The van der Waals surface area contributed by atoms with Gasteiger partial charge >= 0.3 is 16.3 Å². The van der Waals surface area contributed by atoms with Crippen molar-refractivity contribution in [3.8, 4) is 11.5 Å². The maximum absolute atomic E-state index is 13.3. The quantitative estimate of drug-likeness (QED) is 0.338. The van der Waals surface area contributed by atoms with Gasteiger partial charge in [0.25, 0.3) is 0 Å². The average Bonchev–Trinajstić information content (AvgIpc) is 3.34. The number of rotatable bonds is 16. The van der Waals surface area contributed by atoms with Crippen molar-refractivity contribution in [2.24, 2.45) is 0 Å². The van der Waals surface area contributed by atoms with Crippen LogP contribution in [-0.4, -0.2) is 81.0 Å². The second kappa shape index (κ2) is 15.0. The highest BCUT2D eigenvalue weighted by molar-refractivity contribution is 7.91. The van der Waals surface area contributed by atoms with E-state index in [0.29, 0.717) is 30.4 Å². The van der Waals surface area contributed by atoms with Crippen LogP contribution in [0.25, 0.3) is 0 Å². The van der Waals surface area contributed by atoms with Crippen molar-refractivity contribution in [2.45, 2.75) is 38.7 Å². The third-order valence-electron chi connectivity index (χ3n) is 4.80. The molecule has 194 valence electrons. The maximum atomic E-state index is 13.3. The molecule has 11 nitrogen and oxygen atoms in total. The van der Waals surface area contributed by atoms with Crippen LogP contribution in [0.3, 0.4) is 0 Å². The Balaban J connectivity index is 2.44. The van der Waals surface area contributed by atoms with Gasteiger partial charge in [0.15, 0.2) is 0 Å². The number of nitrogens with zero attached hydrogens (tertiary/aromatic N) is 1. The lowest BCUT2D eigenvalue weighted by Crippen LogP contribution is -2.46. The standard InChI is InChI=1S/C22H36N2O9S/c1-4-12-32-22(25)24(34(26,27)23-11-7-13-28-2)21-19(31-16-15-29-3)9-5-10-20(21)33-17-18-8-6-14-30-18/h5,9-10,18,23H,4,6-8,11-17H2,1-3H3. The lowest BCUT2D eigenvalue weighted by Gasteiger charge is -2.26. The smallest absolute Gasteiger partial charge is 0.429 e. The first-order valence-corrected chi connectivity index (χ1v) is 12.8. The molecule has 1 heterocycles. The molecule has 1 aliphatic rings. The number of amides is 1. The van der Waals surface area contributed by atoms with Crippen molar-refractivity contribution in [2.75, 3.05) is 64.7 Å². The molecule has 1 atom stereocenters. The highest BCUT2D eigenvalue weighted by Gasteiger charge is 2.36. The van der Waals surface area contributed by atoms with Crippen molar-refractivity contribution in [3.05, 3.63) is 18.2 Å². The van der Waals surface area contributed by atoms with Crippen LogP contribution in [0.4, 0.5) is 10.5 Å². The van der Waals surface area contributed by atoms with Crippen LogP contribution in [-0.2, 0) is 29.2 Å². The molecule has 1 aromatic rings. The molecule has 0 bridgehead atoms. The van der Waals surface area contributed by atoms with Crippen LogP contribution >= 0.6 is 0 Å². The third-order valence-corrected chi connectivity index (χ3v) is 6.19. The molecule has 12 heteroatoms. The highest BCUT2D eigenvalue weighted by atomic mass is 32.2. The lowest BCUT2D eigenvalue weighted by atomic mass is 10.2. The van der Waals surface area contributed by atoms with Gasteiger partial charge in [-0.15, -0.1) is 0 Å². The fourth-order valence-electron chi connectivity index (χ4n) is 3.17. The number of anilines is 1. The third kappa shape index (κ3) is 8.58. The number of nitrogens with one attached hydrogen (secondary N) is 1. The van der Waals surface area contributed by atoms with E-state index in [1.807, 2.05) is 6.92 Å². The van der Waals surface area contributed by atoms with E-state index < -0.39 is 16.3 Å². The van der Waals surface area contributed by atoms with E-state index >= 15 is 0 Å². The summed E-state index contributed by atoms with van der Waals surface area (Å²) in [5, 5.41) is 0. The molecule has 0 saturated carbocycles. The largest absolute Gasteiger partial charge is 0.489 e. The molecule has 0 radical (unpaired) electrons. The summed E-state index contributed by atoms with van der Waals surface area (Å²) in [6.45, 7) is 3.53. The summed E-state index contributed by atoms with van der Waals surface area (Å²) in [7, 11) is -1.32. The SMILES string of the molecule is CCCOC(=O)N(c1c(OCCOC)cccc1OCC1CCCO1)S(=O)(=O)NCCCOC. The first kappa shape index (κ1) is 28.1. The number of hydrogen-bond donors (Lipinski definition) is 1. The topological polar surface area (TPSA) is 122 Å². The van der Waals surface area contributed by atoms with E-state index in [-0.39, 0.29) is 56.3 Å². The second-order valence-electron chi connectivity index (χ2n) is 7.51. The number of methoxy groups -OCH3 is 2. The van der Waals surface area contributed by atoms with Crippen LogP contribution < -0.4 is 18.5 Å². The first-order chi connectivity index (χ1) is 16.4. The van der Waals surface area contributed by atoms with E-state index in [1.165, 1.54) is 14.2 Å². The highest BCUT2D eigenvalue weighted by Crippen LogP contribution is 2.40. The van der Waals surface area contributed by atoms with Crippen molar-refractivity contribution in [1.82, 2.24) is 4.72 Å². The summed E-state index contributed by atoms with van der Waals surface area (Å²) in [6, 6.07) is 4.79. The summed E-state index contributed by atoms with van der Waals surface area (Å²) in [5.41, 5.74) is -0.0723. The van der Waals surface area contributed by atoms with Crippen molar-refractivity contribution < 1.29 is 41.6 Å². The molecule has 1 unspecified atom stereocenters. The summed E-state index contributed by atoms with van der Waals surface area (Å²) < 4.78 is 62.1. The minimum Gasteiger partial charge on any atom is -0.489 e. The summed E-state index contributed by atoms with van der Waals surface area (Å²) >= 11 is 0. The van der Waals surface area contributed by atoms with Gasteiger partial charge in [0.1, 0.15) is 30.4 Å². The van der Waals surface area contributed by atoms with Gasteiger partial charge in [-0.05, 0) is 37.8 Å². The zero-order valence-corrected chi connectivity index (χ0v) is 20.9. The Bertz CT molecular complexity index is 845. The molecule has 0 aromatic heterocycles. The van der Waals surface area contributed by atoms with E-state index in [4.69, 9.17) is 28.4 Å². The molecule has 34 heavy (non-hydrogen) atoms. The molecule has 1 aliphatic heterocycles. The van der Waals surface area contributed by atoms with E-state index in [2.05, 4.69) is 4.72 Å². The first-order valence-electron chi connectivity index (χ1n) is 11.4. The van der Waals surface area contributed by atoms with Crippen LogP contribution in [0.2, 0.25) is 0 Å². The molecule has 1 N–H and O–H groups in total. The van der Waals surface area contributed by atoms with Gasteiger partial charge in [0.05, 0.1) is 19.3 Å². The lowest BCUT2D eigenvalue weighted by molar-refractivity contribution is 0.0680. The van der Waals surface area contributed by atoms with Gasteiger partial charge < -0.3 is 28.4 Å². The Morgan fingerprint density at radius 1 is 1.12 bits per heavy atom. The number of benzene rings is 1. The molecule has 0 spiro atoms. The number of carbonyl (C=O) groups excluding carboxylic acids is 1. The Morgan fingerprint density at radius 2 is 1.85 bits per heavy atom. The summed E-state index contributed by atoms with van der Waals surface area (Å²) in [6.07, 6.45) is 1.52. The van der Waals surface area contributed by atoms with Crippen LogP contribution in [0.5, 0.6) is 11.5 Å². The van der Waals surface area contributed by atoms with Crippen molar-refractivity contribution >= 4 is 22.0 Å². The van der Waals surface area contributed by atoms with E-state index in [0.717, 1.165) is 12.8 Å². The molecular formula is C22H36N2O9S. The van der Waals surface area contributed by atoms with Gasteiger partial charge in [0.2, 0.25) is 0 Å².